The van der Waals surface area contributed by atoms with Crippen LogP contribution < -0.4 is 9.47 Å². The highest BCUT2D eigenvalue weighted by atomic mass is 35.5. The molecule has 192 valence electrons. The minimum absolute atomic E-state index is 0.0316. The fraction of sp³-hybridized carbons (Fsp3) is 0.357. The van der Waals surface area contributed by atoms with E-state index in [1.807, 2.05) is 20.8 Å². The molecule has 3 rings (SSSR count). The number of likely N-dealkylation sites (tertiary alicyclic amines) is 1. The largest absolute Gasteiger partial charge is 0.507 e. The molecule has 0 bridgehead atoms. The van der Waals surface area contributed by atoms with Crippen molar-refractivity contribution >= 4 is 29.1 Å². The molecule has 36 heavy (non-hydrogen) atoms. The molecule has 1 amide bonds. The highest BCUT2D eigenvalue weighted by molar-refractivity contribution is 6.46. The van der Waals surface area contributed by atoms with Crippen LogP contribution in [0, 0.1) is 0 Å². The van der Waals surface area contributed by atoms with Gasteiger partial charge in [0.25, 0.3) is 11.7 Å². The Hall–Kier alpha value is -3.29. The Balaban J connectivity index is 2.14. The third kappa shape index (κ3) is 5.91. The quantitative estimate of drug-likeness (QED) is 0.185. The molecule has 1 heterocycles. The minimum Gasteiger partial charge on any atom is -0.507 e. The average molecular weight is 513 g/mol. The topological polar surface area (TPSA) is 79.3 Å². The molecule has 1 N–H and O–H groups in total. The number of Topliss-reactive ketones (excluding diaryl/α,β-unsaturated/α-hetero) is 1. The molecule has 0 aliphatic carbocycles. The predicted octanol–water partition coefficient (Wildman–Crippen LogP) is 5.07. The normalized spacial score (nSPS) is 17.0. The standard InChI is InChI=1S/C28H33ClN2O5/c1-5-17-36-22-14-11-20(18-23(22)35-8-4)25-24(26(32)19-9-12-21(29)13-10-19)27(33)28(34)31(25)16-15-30(6-2)7-3/h5,9-14,18,25,32H,1,6-8,15-17H2,2-4H3. The molecule has 8 heteroatoms. The molecule has 2 aromatic rings. The maximum Gasteiger partial charge on any atom is 0.295 e. The summed E-state index contributed by atoms with van der Waals surface area (Å²) in [5.41, 5.74) is 1.07. The Morgan fingerprint density at radius 3 is 2.39 bits per heavy atom. The molecule has 1 fully saturated rings. The van der Waals surface area contributed by atoms with Crippen LogP contribution in [-0.4, -0.2) is 66.0 Å². The van der Waals surface area contributed by atoms with Crippen LogP contribution in [0.5, 0.6) is 11.5 Å². The lowest BCUT2D eigenvalue weighted by Gasteiger charge is -2.28. The Kier molecular flexibility index (Phi) is 9.56. The number of ether oxygens (including phenoxy) is 2. The van der Waals surface area contributed by atoms with E-state index in [-0.39, 0.29) is 11.3 Å². The van der Waals surface area contributed by atoms with Crippen LogP contribution >= 0.6 is 11.6 Å². The third-order valence-corrected chi connectivity index (χ3v) is 6.40. The number of likely N-dealkylation sites (N-methyl/N-ethyl adjacent to an activating group) is 1. The number of hydrogen-bond acceptors (Lipinski definition) is 6. The van der Waals surface area contributed by atoms with E-state index in [1.54, 1.807) is 48.5 Å². The summed E-state index contributed by atoms with van der Waals surface area (Å²) in [6.07, 6.45) is 1.64. The number of amides is 1. The molecule has 1 aliphatic rings. The van der Waals surface area contributed by atoms with Crippen LogP contribution in [0.1, 0.15) is 37.9 Å². The van der Waals surface area contributed by atoms with Gasteiger partial charge in [0.2, 0.25) is 0 Å². The van der Waals surface area contributed by atoms with E-state index in [0.29, 0.717) is 54.0 Å². The van der Waals surface area contributed by atoms with Crippen molar-refractivity contribution in [1.29, 1.82) is 0 Å². The van der Waals surface area contributed by atoms with E-state index in [2.05, 4.69) is 11.5 Å². The first-order valence-electron chi connectivity index (χ1n) is 12.1. The summed E-state index contributed by atoms with van der Waals surface area (Å²) >= 11 is 6.01. The molecule has 0 radical (unpaired) electrons. The van der Waals surface area contributed by atoms with Crippen LogP contribution in [0.3, 0.4) is 0 Å². The van der Waals surface area contributed by atoms with Gasteiger partial charge in [0.1, 0.15) is 12.4 Å². The Morgan fingerprint density at radius 2 is 1.78 bits per heavy atom. The number of halogens is 1. The van der Waals surface area contributed by atoms with Crippen molar-refractivity contribution in [3.05, 3.63) is 76.8 Å². The van der Waals surface area contributed by atoms with E-state index in [1.165, 1.54) is 4.90 Å². The van der Waals surface area contributed by atoms with Crippen LogP contribution in [0.25, 0.3) is 5.76 Å². The van der Waals surface area contributed by atoms with Gasteiger partial charge in [-0.25, -0.2) is 0 Å². The first-order valence-corrected chi connectivity index (χ1v) is 12.5. The summed E-state index contributed by atoms with van der Waals surface area (Å²) in [5, 5.41) is 11.7. The number of carbonyl (C=O) groups excluding carboxylic acids is 2. The van der Waals surface area contributed by atoms with Crippen LogP contribution in [-0.2, 0) is 9.59 Å². The second-order valence-corrected chi connectivity index (χ2v) is 8.70. The summed E-state index contributed by atoms with van der Waals surface area (Å²) < 4.78 is 11.5. The number of hydrogen-bond donors (Lipinski definition) is 1. The fourth-order valence-electron chi connectivity index (χ4n) is 4.24. The van der Waals surface area contributed by atoms with E-state index in [4.69, 9.17) is 21.1 Å². The molecular weight excluding hydrogens is 480 g/mol. The van der Waals surface area contributed by atoms with Crippen molar-refractivity contribution in [1.82, 2.24) is 9.80 Å². The van der Waals surface area contributed by atoms with Crippen molar-refractivity contribution in [3.8, 4) is 11.5 Å². The van der Waals surface area contributed by atoms with Gasteiger partial charge in [-0.05, 0) is 62.0 Å². The van der Waals surface area contributed by atoms with Gasteiger partial charge in [-0.1, -0.05) is 44.2 Å². The van der Waals surface area contributed by atoms with E-state index in [9.17, 15) is 14.7 Å². The van der Waals surface area contributed by atoms with Gasteiger partial charge < -0.3 is 24.4 Å². The molecule has 1 aliphatic heterocycles. The zero-order valence-electron chi connectivity index (χ0n) is 21.0. The Labute approximate surface area is 217 Å². The van der Waals surface area contributed by atoms with Crippen molar-refractivity contribution < 1.29 is 24.2 Å². The number of nitrogens with zero attached hydrogens (tertiary/aromatic N) is 2. The number of carbonyl (C=O) groups is 2. The number of aliphatic hydroxyl groups excluding tert-OH is 1. The lowest BCUT2D eigenvalue weighted by atomic mass is 9.95. The highest BCUT2D eigenvalue weighted by Crippen LogP contribution is 2.42. The summed E-state index contributed by atoms with van der Waals surface area (Å²) in [6, 6.07) is 11.0. The average Bonchev–Trinajstić information content (AvgIpc) is 3.13. The molecule has 2 aromatic carbocycles. The fourth-order valence-corrected chi connectivity index (χ4v) is 4.37. The van der Waals surface area contributed by atoms with Crippen LogP contribution in [0.15, 0.2) is 60.7 Å². The lowest BCUT2D eigenvalue weighted by Crippen LogP contribution is -2.38. The molecular formula is C28H33ClN2O5. The van der Waals surface area contributed by atoms with Crippen molar-refractivity contribution in [2.75, 3.05) is 39.4 Å². The Bertz CT molecular complexity index is 1130. The van der Waals surface area contributed by atoms with Gasteiger partial charge in [0.15, 0.2) is 11.5 Å². The third-order valence-electron chi connectivity index (χ3n) is 6.15. The number of aliphatic hydroxyl groups is 1. The molecule has 0 spiro atoms. The maximum atomic E-state index is 13.3. The molecule has 0 aromatic heterocycles. The van der Waals surface area contributed by atoms with Crippen molar-refractivity contribution in [3.63, 3.8) is 0 Å². The smallest absolute Gasteiger partial charge is 0.295 e. The van der Waals surface area contributed by atoms with Gasteiger partial charge in [0.05, 0.1) is 18.2 Å². The van der Waals surface area contributed by atoms with Gasteiger partial charge in [0, 0.05) is 23.7 Å². The maximum absolute atomic E-state index is 13.3. The summed E-state index contributed by atoms with van der Waals surface area (Å²) in [6.45, 7) is 12.9. The predicted molar refractivity (Wildman–Crippen MR) is 142 cm³/mol. The first-order chi connectivity index (χ1) is 17.4. The van der Waals surface area contributed by atoms with E-state index < -0.39 is 17.7 Å². The zero-order valence-corrected chi connectivity index (χ0v) is 21.8. The molecule has 1 saturated heterocycles. The van der Waals surface area contributed by atoms with E-state index in [0.717, 1.165) is 13.1 Å². The van der Waals surface area contributed by atoms with Gasteiger partial charge in [-0.2, -0.15) is 0 Å². The summed E-state index contributed by atoms with van der Waals surface area (Å²) in [4.78, 5) is 30.2. The van der Waals surface area contributed by atoms with Crippen molar-refractivity contribution in [2.24, 2.45) is 0 Å². The second-order valence-electron chi connectivity index (χ2n) is 8.27. The Morgan fingerprint density at radius 1 is 1.08 bits per heavy atom. The van der Waals surface area contributed by atoms with Crippen LogP contribution in [0.2, 0.25) is 5.02 Å². The number of ketones is 1. The second kappa shape index (κ2) is 12.6. The molecule has 1 unspecified atom stereocenters. The monoisotopic (exact) mass is 512 g/mol. The van der Waals surface area contributed by atoms with E-state index >= 15 is 0 Å². The minimum atomic E-state index is -0.788. The van der Waals surface area contributed by atoms with Crippen molar-refractivity contribution in [2.45, 2.75) is 26.8 Å². The summed E-state index contributed by atoms with van der Waals surface area (Å²) in [7, 11) is 0. The number of benzene rings is 2. The number of rotatable bonds is 12. The first kappa shape index (κ1) is 27.3. The molecule has 7 nitrogen and oxygen atoms in total. The SMILES string of the molecule is C=CCOc1ccc(C2C(=C(O)c3ccc(Cl)cc3)C(=O)C(=O)N2CCN(CC)CC)cc1OCC. The van der Waals surface area contributed by atoms with Gasteiger partial charge in [-0.3, -0.25) is 9.59 Å². The molecule has 0 saturated carbocycles. The molecule has 1 atom stereocenters. The van der Waals surface area contributed by atoms with Gasteiger partial charge in [-0.15, -0.1) is 0 Å². The lowest BCUT2D eigenvalue weighted by molar-refractivity contribution is -0.140. The summed E-state index contributed by atoms with van der Waals surface area (Å²) in [5.74, 6) is -0.606. The van der Waals surface area contributed by atoms with Crippen LogP contribution in [0.4, 0.5) is 0 Å². The van der Waals surface area contributed by atoms with Gasteiger partial charge >= 0.3 is 0 Å². The zero-order chi connectivity index (χ0) is 26.2. The highest BCUT2D eigenvalue weighted by Gasteiger charge is 2.46.